The summed E-state index contributed by atoms with van der Waals surface area (Å²) in [6.07, 6.45) is 1.74. The van der Waals surface area contributed by atoms with Crippen molar-refractivity contribution in [3.05, 3.63) is 30.2 Å². The van der Waals surface area contributed by atoms with Gasteiger partial charge in [0.2, 0.25) is 0 Å². The number of fused-ring (bicyclic) bond motifs is 1. The van der Waals surface area contributed by atoms with Gasteiger partial charge in [-0.2, -0.15) is 10.3 Å². The van der Waals surface area contributed by atoms with E-state index in [1.807, 2.05) is 29.8 Å². The number of hydrogen-bond donors (Lipinski definition) is 1. The number of aryl methyl sites for hydroxylation is 1. The predicted molar refractivity (Wildman–Crippen MR) is 72.0 cm³/mol. The fourth-order valence-corrected chi connectivity index (χ4v) is 2.05. The Labute approximate surface area is 114 Å². The predicted octanol–water partition coefficient (Wildman–Crippen LogP) is 1.54. The van der Waals surface area contributed by atoms with E-state index in [4.69, 9.17) is 4.74 Å². The molecule has 0 fully saturated rings. The van der Waals surface area contributed by atoms with Crippen LogP contribution >= 0.6 is 0 Å². The van der Waals surface area contributed by atoms with Crippen molar-refractivity contribution in [2.45, 2.75) is 6.92 Å². The van der Waals surface area contributed by atoms with Gasteiger partial charge in [-0.05, 0) is 19.1 Å². The van der Waals surface area contributed by atoms with E-state index < -0.39 is 5.97 Å². The lowest BCUT2D eigenvalue weighted by Crippen LogP contribution is -2.06. The molecule has 7 heteroatoms. The first-order valence-electron chi connectivity index (χ1n) is 6.20. The van der Waals surface area contributed by atoms with Crippen LogP contribution in [0, 0.1) is 0 Å². The number of rotatable bonds is 3. The lowest BCUT2D eigenvalue weighted by Gasteiger charge is -2.02. The van der Waals surface area contributed by atoms with Gasteiger partial charge in [-0.15, -0.1) is 5.10 Å². The molecular weight excluding hydrogens is 258 g/mol. The molecule has 2 aromatic heterocycles. The highest BCUT2D eigenvalue weighted by Gasteiger charge is 2.19. The third kappa shape index (κ3) is 1.93. The van der Waals surface area contributed by atoms with Crippen molar-refractivity contribution in [2.75, 3.05) is 6.61 Å². The first-order chi connectivity index (χ1) is 9.70. The van der Waals surface area contributed by atoms with E-state index >= 15 is 0 Å². The fraction of sp³-hybridized carbons (Fsp3) is 0.231. The standard InChI is InChI=1S/C13H13N5O2/c1-3-20-13(19)12-11(15-17-16-12)8-4-5-9-10(6-8)18(2)7-14-9/h4-7H,3H2,1-2H3,(H,15,16,17). The summed E-state index contributed by atoms with van der Waals surface area (Å²) in [5, 5.41) is 10.4. The maximum Gasteiger partial charge on any atom is 0.361 e. The Morgan fingerprint density at radius 3 is 3.05 bits per heavy atom. The highest BCUT2D eigenvalue weighted by atomic mass is 16.5. The molecule has 1 N–H and O–H groups in total. The number of carbonyl (C=O) groups excluding carboxylic acids is 1. The second-order valence-electron chi connectivity index (χ2n) is 4.30. The molecule has 1 aromatic carbocycles. The van der Waals surface area contributed by atoms with Crippen LogP contribution in [0.5, 0.6) is 0 Å². The van der Waals surface area contributed by atoms with Crippen LogP contribution in [0.3, 0.4) is 0 Å². The average molecular weight is 271 g/mol. The van der Waals surface area contributed by atoms with Gasteiger partial charge in [0.1, 0.15) is 5.69 Å². The smallest absolute Gasteiger partial charge is 0.361 e. The molecule has 0 atom stereocenters. The Kier molecular flexibility index (Phi) is 2.94. The lowest BCUT2D eigenvalue weighted by atomic mass is 10.1. The summed E-state index contributed by atoms with van der Waals surface area (Å²) in [6.45, 7) is 2.05. The third-order valence-corrected chi connectivity index (χ3v) is 3.02. The number of esters is 1. The summed E-state index contributed by atoms with van der Waals surface area (Å²) in [7, 11) is 1.91. The molecule has 0 bridgehead atoms. The van der Waals surface area contributed by atoms with Crippen LogP contribution < -0.4 is 0 Å². The summed E-state index contributed by atoms with van der Waals surface area (Å²) < 4.78 is 6.87. The highest BCUT2D eigenvalue weighted by molar-refractivity contribution is 5.95. The van der Waals surface area contributed by atoms with Crippen molar-refractivity contribution < 1.29 is 9.53 Å². The minimum atomic E-state index is -0.485. The van der Waals surface area contributed by atoms with Crippen molar-refractivity contribution in [3.63, 3.8) is 0 Å². The van der Waals surface area contributed by atoms with Gasteiger partial charge >= 0.3 is 5.97 Å². The minimum Gasteiger partial charge on any atom is -0.461 e. The van der Waals surface area contributed by atoms with Gasteiger partial charge in [0, 0.05) is 12.6 Å². The van der Waals surface area contributed by atoms with Crippen LogP contribution in [-0.2, 0) is 11.8 Å². The van der Waals surface area contributed by atoms with Crippen LogP contribution in [0.4, 0.5) is 0 Å². The monoisotopic (exact) mass is 271 g/mol. The number of benzene rings is 1. The van der Waals surface area contributed by atoms with E-state index in [0.717, 1.165) is 16.6 Å². The van der Waals surface area contributed by atoms with Crippen LogP contribution in [-0.4, -0.2) is 37.5 Å². The van der Waals surface area contributed by atoms with Crippen molar-refractivity contribution in [1.82, 2.24) is 25.0 Å². The maximum absolute atomic E-state index is 11.8. The second-order valence-corrected chi connectivity index (χ2v) is 4.30. The van der Waals surface area contributed by atoms with Gasteiger partial charge in [-0.25, -0.2) is 9.78 Å². The van der Waals surface area contributed by atoms with Gasteiger partial charge in [0.05, 0.1) is 24.0 Å². The summed E-state index contributed by atoms with van der Waals surface area (Å²) in [5.41, 5.74) is 3.30. The number of H-pyrrole nitrogens is 1. The van der Waals surface area contributed by atoms with Gasteiger partial charge in [0.25, 0.3) is 0 Å². The quantitative estimate of drug-likeness (QED) is 0.730. The molecule has 0 aliphatic carbocycles. The number of aromatic amines is 1. The number of nitrogens with zero attached hydrogens (tertiary/aromatic N) is 4. The Balaban J connectivity index is 2.09. The lowest BCUT2D eigenvalue weighted by molar-refractivity contribution is 0.0520. The zero-order valence-corrected chi connectivity index (χ0v) is 11.1. The molecular formula is C13H13N5O2. The van der Waals surface area contributed by atoms with Crippen molar-refractivity contribution in [2.24, 2.45) is 7.05 Å². The Morgan fingerprint density at radius 1 is 1.40 bits per heavy atom. The number of aromatic nitrogens is 5. The Morgan fingerprint density at radius 2 is 2.25 bits per heavy atom. The molecule has 0 aliphatic rings. The zero-order valence-electron chi connectivity index (χ0n) is 11.1. The second kappa shape index (κ2) is 4.76. The minimum absolute atomic E-state index is 0.188. The van der Waals surface area contributed by atoms with E-state index in [9.17, 15) is 4.79 Å². The molecule has 0 saturated heterocycles. The average Bonchev–Trinajstić information content (AvgIpc) is 3.06. The summed E-state index contributed by atoms with van der Waals surface area (Å²) >= 11 is 0. The number of nitrogens with one attached hydrogen (secondary N) is 1. The van der Waals surface area contributed by atoms with Crippen LogP contribution in [0.15, 0.2) is 24.5 Å². The van der Waals surface area contributed by atoms with Crippen molar-refractivity contribution >= 4 is 17.0 Å². The van der Waals surface area contributed by atoms with Crippen molar-refractivity contribution in [3.8, 4) is 11.3 Å². The molecule has 0 saturated carbocycles. The largest absolute Gasteiger partial charge is 0.461 e. The van der Waals surface area contributed by atoms with Crippen LogP contribution in [0.1, 0.15) is 17.4 Å². The number of hydrogen-bond acceptors (Lipinski definition) is 5. The van der Waals surface area contributed by atoms with E-state index in [1.54, 1.807) is 13.3 Å². The van der Waals surface area contributed by atoms with Crippen LogP contribution in [0.25, 0.3) is 22.3 Å². The highest BCUT2D eigenvalue weighted by Crippen LogP contribution is 2.24. The summed E-state index contributed by atoms with van der Waals surface area (Å²) in [6, 6.07) is 5.66. The topological polar surface area (TPSA) is 85.7 Å². The first kappa shape index (κ1) is 12.3. The Bertz CT molecular complexity index is 774. The molecule has 3 rings (SSSR count). The molecule has 0 radical (unpaired) electrons. The van der Waals surface area contributed by atoms with Gasteiger partial charge in [-0.3, -0.25) is 0 Å². The zero-order chi connectivity index (χ0) is 14.1. The number of carbonyl (C=O) groups is 1. The molecule has 0 aliphatic heterocycles. The van der Waals surface area contributed by atoms with Crippen LogP contribution in [0.2, 0.25) is 0 Å². The SMILES string of the molecule is CCOC(=O)c1n[nH]nc1-c1ccc2ncn(C)c2c1. The van der Waals surface area contributed by atoms with Gasteiger partial charge in [-0.1, -0.05) is 6.07 Å². The van der Waals surface area contributed by atoms with Gasteiger partial charge in [0.15, 0.2) is 5.69 Å². The van der Waals surface area contributed by atoms with Gasteiger partial charge < -0.3 is 9.30 Å². The maximum atomic E-state index is 11.8. The first-order valence-corrected chi connectivity index (χ1v) is 6.20. The van der Waals surface area contributed by atoms with E-state index in [2.05, 4.69) is 20.4 Å². The normalized spacial score (nSPS) is 10.9. The molecule has 20 heavy (non-hydrogen) atoms. The molecule has 3 aromatic rings. The molecule has 2 heterocycles. The molecule has 7 nitrogen and oxygen atoms in total. The van der Waals surface area contributed by atoms with E-state index in [0.29, 0.717) is 12.3 Å². The molecule has 102 valence electrons. The fourth-order valence-electron chi connectivity index (χ4n) is 2.05. The third-order valence-electron chi connectivity index (χ3n) is 3.02. The molecule has 0 spiro atoms. The van der Waals surface area contributed by atoms with E-state index in [1.165, 1.54) is 0 Å². The van der Waals surface area contributed by atoms with E-state index in [-0.39, 0.29) is 5.69 Å². The number of imidazole rings is 1. The molecule has 0 unspecified atom stereocenters. The summed E-state index contributed by atoms with van der Waals surface area (Å²) in [5.74, 6) is -0.485. The van der Waals surface area contributed by atoms with Crippen molar-refractivity contribution in [1.29, 1.82) is 0 Å². The Hall–Kier alpha value is -2.70. The summed E-state index contributed by atoms with van der Waals surface area (Å²) in [4.78, 5) is 16.1. The molecule has 0 amide bonds. The number of ether oxygens (including phenoxy) is 1.